The molecule has 2 aliphatic rings. The van der Waals surface area contributed by atoms with Gasteiger partial charge in [-0.05, 0) is 50.5 Å². The van der Waals surface area contributed by atoms with Crippen molar-refractivity contribution in [2.75, 3.05) is 6.54 Å². The molecule has 2 saturated carbocycles. The Morgan fingerprint density at radius 3 is 2.73 bits per heavy atom. The second-order valence-electron chi connectivity index (χ2n) is 5.16. The molecule has 1 amide bonds. The number of carbonyl (C=O) groups excluding carboxylic acids is 1. The minimum Gasteiger partial charge on any atom is -0.370 e. The van der Waals surface area contributed by atoms with Gasteiger partial charge in [0.1, 0.15) is 0 Å². The van der Waals surface area contributed by atoms with Crippen molar-refractivity contribution in [2.24, 2.45) is 17.6 Å². The third-order valence-electron chi connectivity index (χ3n) is 3.99. The molecule has 3 atom stereocenters. The van der Waals surface area contributed by atoms with E-state index in [9.17, 15) is 4.79 Å². The summed E-state index contributed by atoms with van der Waals surface area (Å²) in [6, 6.07) is 0.775. The quantitative estimate of drug-likeness (QED) is 0.651. The molecule has 3 unspecified atom stereocenters. The van der Waals surface area contributed by atoms with Crippen molar-refractivity contribution in [3.05, 3.63) is 0 Å². The number of rotatable bonds is 6. The number of unbranched alkanes of at least 4 members (excludes halogenated alkanes) is 1. The molecule has 86 valence electrons. The summed E-state index contributed by atoms with van der Waals surface area (Å²) in [4.78, 5) is 10.5. The molecule has 0 saturated heterocycles. The maximum Gasteiger partial charge on any atom is 0.217 e. The predicted molar refractivity (Wildman–Crippen MR) is 60.3 cm³/mol. The average molecular weight is 210 g/mol. The lowest BCUT2D eigenvalue weighted by atomic mass is 9.95. The molecule has 0 aromatic rings. The lowest BCUT2D eigenvalue weighted by molar-refractivity contribution is -0.118. The van der Waals surface area contributed by atoms with Crippen LogP contribution in [0.2, 0.25) is 0 Å². The van der Waals surface area contributed by atoms with Gasteiger partial charge in [0.05, 0.1) is 0 Å². The fraction of sp³-hybridized carbons (Fsp3) is 0.917. The standard InChI is InChI=1S/C12H22N2O/c13-12(15)3-1-2-6-14-11-8-9-4-5-10(11)7-9/h9-11,14H,1-8H2,(H2,13,15). The number of primary amides is 1. The van der Waals surface area contributed by atoms with Crippen molar-refractivity contribution in [3.63, 3.8) is 0 Å². The van der Waals surface area contributed by atoms with Gasteiger partial charge in [-0.1, -0.05) is 6.42 Å². The van der Waals surface area contributed by atoms with E-state index in [2.05, 4.69) is 5.32 Å². The highest BCUT2D eigenvalue weighted by Gasteiger charge is 2.38. The molecule has 15 heavy (non-hydrogen) atoms. The maximum atomic E-state index is 10.5. The van der Waals surface area contributed by atoms with Gasteiger partial charge < -0.3 is 11.1 Å². The summed E-state index contributed by atoms with van der Waals surface area (Å²) in [7, 11) is 0. The highest BCUT2D eigenvalue weighted by Crippen LogP contribution is 2.44. The highest BCUT2D eigenvalue weighted by atomic mass is 16.1. The van der Waals surface area contributed by atoms with E-state index >= 15 is 0 Å². The van der Waals surface area contributed by atoms with Gasteiger partial charge in [-0.25, -0.2) is 0 Å². The Labute approximate surface area is 91.8 Å². The fourth-order valence-corrected chi connectivity index (χ4v) is 3.21. The van der Waals surface area contributed by atoms with Gasteiger partial charge in [-0.3, -0.25) is 4.79 Å². The van der Waals surface area contributed by atoms with Crippen LogP contribution in [0.5, 0.6) is 0 Å². The minimum absolute atomic E-state index is 0.171. The monoisotopic (exact) mass is 210 g/mol. The minimum atomic E-state index is -0.171. The first-order valence-electron chi connectivity index (χ1n) is 6.27. The molecule has 2 aliphatic carbocycles. The molecule has 3 N–H and O–H groups in total. The van der Waals surface area contributed by atoms with E-state index in [-0.39, 0.29) is 5.91 Å². The number of hydrogen-bond donors (Lipinski definition) is 2. The third-order valence-corrected chi connectivity index (χ3v) is 3.99. The molecule has 2 bridgehead atoms. The van der Waals surface area contributed by atoms with Gasteiger partial charge in [-0.15, -0.1) is 0 Å². The first-order valence-corrected chi connectivity index (χ1v) is 6.27. The zero-order valence-electron chi connectivity index (χ0n) is 9.37. The molecule has 2 rings (SSSR count). The van der Waals surface area contributed by atoms with Crippen LogP contribution in [0.1, 0.15) is 44.9 Å². The van der Waals surface area contributed by atoms with Crippen molar-refractivity contribution in [3.8, 4) is 0 Å². The molecule has 0 aromatic heterocycles. The lowest BCUT2D eigenvalue weighted by Crippen LogP contribution is -2.34. The van der Waals surface area contributed by atoms with Gasteiger partial charge in [0.25, 0.3) is 0 Å². The summed E-state index contributed by atoms with van der Waals surface area (Å²) in [5.74, 6) is 1.79. The Bertz CT molecular complexity index is 230. The van der Waals surface area contributed by atoms with Gasteiger partial charge in [-0.2, -0.15) is 0 Å². The van der Waals surface area contributed by atoms with Crippen LogP contribution in [0, 0.1) is 11.8 Å². The van der Waals surface area contributed by atoms with Crippen molar-refractivity contribution in [1.82, 2.24) is 5.32 Å². The molecule has 0 aliphatic heterocycles. The molecule has 0 heterocycles. The topological polar surface area (TPSA) is 55.1 Å². The molecule has 0 aromatic carbocycles. The van der Waals surface area contributed by atoms with E-state index in [0.29, 0.717) is 6.42 Å². The zero-order valence-corrected chi connectivity index (χ0v) is 9.37. The smallest absolute Gasteiger partial charge is 0.217 e. The molecule has 0 spiro atoms. The summed E-state index contributed by atoms with van der Waals surface area (Å²) in [6.45, 7) is 1.06. The summed E-state index contributed by atoms with van der Waals surface area (Å²) >= 11 is 0. The number of hydrogen-bond acceptors (Lipinski definition) is 2. The van der Waals surface area contributed by atoms with Crippen LogP contribution in [0.4, 0.5) is 0 Å². The normalized spacial score (nSPS) is 33.5. The van der Waals surface area contributed by atoms with Crippen LogP contribution >= 0.6 is 0 Å². The Balaban J connectivity index is 1.53. The van der Waals surface area contributed by atoms with Crippen LogP contribution in [0.3, 0.4) is 0 Å². The predicted octanol–water partition coefficient (Wildman–Crippen LogP) is 1.42. The van der Waals surface area contributed by atoms with E-state index in [1.165, 1.54) is 25.7 Å². The van der Waals surface area contributed by atoms with E-state index < -0.39 is 0 Å². The van der Waals surface area contributed by atoms with E-state index in [1.807, 2.05) is 0 Å². The number of nitrogens with two attached hydrogens (primary N) is 1. The SMILES string of the molecule is NC(=O)CCCCNC1CC2CCC1C2. The van der Waals surface area contributed by atoms with Gasteiger partial charge in [0.2, 0.25) is 5.91 Å². The number of carbonyl (C=O) groups is 1. The van der Waals surface area contributed by atoms with Gasteiger partial charge in [0.15, 0.2) is 0 Å². The lowest BCUT2D eigenvalue weighted by Gasteiger charge is -2.22. The van der Waals surface area contributed by atoms with Crippen LogP contribution in [-0.4, -0.2) is 18.5 Å². The highest BCUT2D eigenvalue weighted by molar-refractivity contribution is 5.73. The van der Waals surface area contributed by atoms with Crippen molar-refractivity contribution in [2.45, 2.75) is 51.0 Å². The van der Waals surface area contributed by atoms with Crippen molar-refractivity contribution in [1.29, 1.82) is 0 Å². The summed E-state index contributed by atoms with van der Waals surface area (Å²) in [5.41, 5.74) is 5.09. The van der Waals surface area contributed by atoms with E-state index in [0.717, 1.165) is 37.3 Å². The maximum absolute atomic E-state index is 10.5. The van der Waals surface area contributed by atoms with Gasteiger partial charge in [0, 0.05) is 12.5 Å². The first-order chi connectivity index (χ1) is 7.25. The van der Waals surface area contributed by atoms with Gasteiger partial charge >= 0.3 is 0 Å². The second kappa shape index (κ2) is 4.97. The number of nitrogens with one attached hydrogen (secondary N) is 1. The fourth-order valence-electron chi connectivity index (χ4n) is 3.21. The van der Waals surface area contributed by atoms with Crippen LogP contribution in [-0.2, 0) is 4.79 Å². The van der Waals surface area contributed by atoms with Crippen LogP contribution in [0.15, 0.2) is 0 Å². The Morgan fingerprint density at radius 1 is 1.27 bits per heavy atom. The van der Waals surface area contributed by atoms with E-state index in [1.54, 1.807) is 0 Å². The van der Waals surface area contributed by atoms with Crippen molar-refractivity contribution >= 4 is 5.91 Å². The molecule has 3 heteroatoms. The number of amides is 1. The Morgan fingerprint density at radius 2 is 2.13 bits per heavy atom. The largest absolute Gasteiger partial charge is 0.370 e. The third kappa shape index (κ3) is 2.94. The summed E-state index contributed by atoms with van der Waals surface area (Å²) < 4.78 is 0. The second-order valence-corrected chi connectivity index (χ2v) is 5.16. The Kier molecular flexibility index (Phi) is 3.62. The molecule has 2 fully saturated rings. The molecular weight excluding hydrogens is 188 g/mol. The van der Waals surface area contributed by atoms with Crippen molar-refractivity contribution < 1.29 is 4.79 Å². The van der Waals surface area contributed by atoms with Crippen LogP contribution in [0.25, 0.3) is 0 Å². The average Bonchev–Trinajstić information content (AvgIpc) is 2.78. The molecular formula is C12H22N2O. The zero-order chi connectivity index (χ0) is 10.7. The van der Waals surface area contributed by atoms with Crippen LogP contribution < -0.4 is 11.1 Å². The summed E-state index contributed by atoms with van der Waals surface area (Å²) in [5, 5.41) is 3.63. The first kappa shape index (κ1) is 10.9. The molecule has 3 nitrogen and oxygen atoms in total. The van der Waals surface area contributed by atoms with E-state index in [4.69, 9.17) is 5.73 Å². The number of fused-ring (bicyclic) bond motifs is 2. The Hall–Kier alpha value is -0.570. The molecule has 0 radical (unpaired) electrons. The summed E-state index contributed by atoms with van der Waals surface area (Å²) in [6.07, 6.45) is 8.30.